The number of furan rings is 1. The zero-order valence-electron chi connectivity index (χ0n) is 16.5. The summed E-state index contributed by atoms with van der Waals surface area (Å²) in [6.45, 7) is -1.13. The van der Waals surface area contributed by atoms with Gasteiger partial charge >= 0.3 is 0 Å². The Kier molecular flexibility index (Phi) is 2.37. The van der Waals surface area contributed by atoms with Crippen molar-refractivity contribution in [1.82, 2.24) is 4.98 Å². The van der Waals surface area contributed by atoms with Crippen LogP contribution in [0, 0.1) is 13.8 Å². The van der Waals surface area contributed by atoms with Crippen LogP contribution in [-0.4, -0.2) is 4.98 Å². The van der Waals surface area contributed by atoms with Crippen molar-refractivity contribution in [2.45, 2.75) is 13.8 Å². The first kappa shape index (κ1) is 11.4. The molecule has 0 radical (unpaired) electrons. The van der Waals surface area contributed by atoms with E-state index in [9.17, 15) is 0 Å². The van der Waals surface area contributed by atoms with Crippen LogP contribution in [0.25, 0.3) is 44.0 Å². The fraction of sp³-hybridized carbons (Fsp3) is 0.0870. The van der Waals surface area contributed by atoms with Gasteiger partial charge in [-0.2, -0.15) is 0 Å². The van der Waals surface area contributed by atoms with Crippen molar-refractivity contribution in [2.75, 3.05) is 0 Å². The molecular weight excluding hydrogens is 306 g/mol. The van der Waals surface area contributed by atoms with Crippen LogP contribution in [0.4, 0.5) is 0 Å². The number of fused-ring (bicyclic) bond motifs is 5. The maximum atomic E-state index is 7.76. The maximum Gasteiger partial charge on any atom is 0.144 e. The molecule has 0 unspecified atom stereocenters. The molecule has 2 nitrogen and oxygen atoms in total. The lowest BCUT2D eigenvalue weighted by Gasteiger charge is -2.05. The number of rotatable bonds is 1. The molecule has 0 spiro atoms. The summed E-state index contributed by atoms with van der Waals surface area (Å²) < 4.78 is 29.4. The van der Waals surface area contributed by atoms with Gasteiger partial charge in [0.05, 0.1) is 5.69 Å². The molecule has 0 atom stereocenters. The quantitative estimate of drug-likeness (QED) is 0.355. The summed E-state index contributed by atoms with van der Waals surface area (Å²) in [5.41, 5.74) is 4.29. The molecule has 0 N–H and O–H groups in total. The normalized spacial score (nSPS) is 13.4. The third kappa shape index (κ3) is 2.07. The molecule has 0 saturated carbocycles. The van der Waals surface area contributed by atoms with E-state index in [1.54, 1.807) is 12.3 Å². The van der Waals surface area contributed by atoms with Gasteiger partial charge in [0.15, 0.2) is 0 Å². The van der Waals surface area contributed by atoms with Gasteiger partial charge in [0.25, 0.3) is 0 Å². The van der Waals surface area contributed by atoms with E-state index in [2.05, 4.69) is 29.2 Å². The molecule has 0 bridgehead atoms. The molecule has 0 amide bonds. The molecule has 0 fully saturated rings. The molecule has 25 heavy (non-hydrogen) atoms. The van der Waals surface area contributed by atoms with E-state index in [0.717, 1.165) is 38.3 Å². The Bertz CT molecular complexity index is 1340. The van der Waals surface area contributed by atoms with Gasteiger partial charge in [-0.15, -0.1) is 0 Å². The number of benzene rings is 3. The lowest BCUT2D eigenvalue weighted by atomic mass is 10.0. The Morgan fingerprint density at radius 2 is 1.72 bits per heavy atom. The van der Waals surface area contributed by atoms with Crippen LogP contribution in [0.15, 0.2) is 71.3 Å². The Morgan fingerprint density at radius 1 is 0.840 bits per heavy atom. The van der Waals surface area contributed by atoms with Crippen molar-refractivity contribution < 1.29 is 8.53 Å². The predicted octanol–water partition coefficient (Wildman–Crippen LogP) is 6.42. The van der Waals surface area contributed by atoms with Crippen LogP contribution >= 0.6 is 0 Å². The second-order valence-corrected chi connectivity index (χ2v) is 6.22. The number of hydrogen-bond donors (Lipinski definition) is 0. The summed E-state index contributed by atoms with van der Waals surface area (Å²) in [6, 6.07) is 20.1. The number of aromatic nitrogens is 1. The number of aryl methyl sites for hydroxylation is 2. The first-order valence-electron chi connectivity index (χ1n) is 9.99. The fourth-order valence-electron chi connectivity index (χ4n) is 3.38. The summed E-state index contributed by atoms with van der Waals surface area (Å²) in [6.07, 6.45) is 1.54. The van der Waals surface area contributed by atoms with Gasteiger partial charge in [-0.05, 0) is 48.5 Å². The van der Waals surface area contributed by atoms with Crippen molar-refractivity contribution in [3.8, 4) is 11.3 Å². The highest BCUT2D eigenvalue weighted by molar-refractivity contribution is 6.17. The molecule has 120 valence electrons. The molecule has 5 rings (SSSR count). The fourth-order valence-corrected chi connectivity index (χ4v) is 3.38. The lowest BCUT2D eigenvalue weighted by molar-refractivity contribution is 0.673. The van der Waals surface area contributed by atoms with Crippen molar-refractivity contribution >= 4 is 32.7 Å². The second-order valence-electron chi connectivity index (χ2n) is 6.22. The Hall–Kier alpha value is -3.13. The smallest absolute Gasteiger partial charge is 0.144 e. The van der Waals surface area contributed by atoms with Crippen LogP contribution in [0.5, 0.6) is 0 Å². The summed E-state index contributed by atoms with van der Waals surface area (Å²) in [7, 11) is 0. The van der Waals surface area contributed by atoms with Crippen LogP contribution < -0.4 is 0 Å². The molecule has 0 aliphatic carbocycles. The molecule has 0 saturated heterocycles. The third-order valence-electron chi connectivity index (χ3n) is 4.69. The molecule has 0 aliphatic rings. The topological polar surface area (TPSA) is 26.0 Å². The zero-order valence-corrected chi connectivity index (χ0v) is 13.5. The predicted molar refractivity (Wildman–Crippen MR) is 104 cm³/mol. The van der Waals surface area contributed by atoms with Crippen LogP contribution in [0.1, 0.15) is 15.2 Å². The molecule has 3 aromatic carbocycles. The first-order valence-corrected chi connectivity index (χ1v) is 8.13. The second kappa shape index (κ2) is 5.18. The van der Waals surface area contributed by atoms with Crippen LogP contribution in [-0.2, 0) is 0 Å². The summed E-state index contributed by atoms with van der Waals surface area (Å²) >= 11 is 0. The first-order chi connectivity index (χ1) is 13.7. The van der Waals surface area contributed by atoms with Crippen molar-refractivity contribution in [2.24, 2.45) is 0 Å². The lowest BCUT2D eigenvalue weighted by Crippen LogP contribution is -1.88. The van der Waals surface area contributed by atoms with Crippen LogP contribution in [0.2, 0.25) is 0 Å². The SMILES string of the molecule is [2H]Cc1cc(-c2cccc3c2oc2c4ccccc4ccc32)ncc1C([2H])[2H]. The molecule has 2 heteroatoms. The van der Waals surface area contributed by atoms with E-state index < -0.39 is 6.88 Å². The minimum atomic E-state index is -1.14. The highest BCUT2D eigenvalue weighted by Gasteiger charge is 2.14. The minimum absolute atomic E-state index is 0.0137. The van der Waals surface area contributed by atoms with E-state index >= 15 is 0 Å². The zero-order chi connectivity index (χ0) is 19.3. The summed E-state index contributed by atoms with van der Waals surface area (Å²) in [5, 5.41) is 4.29. The standard InChI is InChI=1S/C23H17NO/c1-14-12-21(24-13-15(14)2)20-9-5-8-18-19-11-10-16-6-3-4-7-17(16)22(19)25-23(18)20/h3-13H,1-2H3/i1D,2D2. The van der Waals surface area contributed by atoms with Gasteiger partial charge in [-0.1, -0.05) is 42.5 Å². The van der Waals surface area contributed by atoms with E-state index in [1.165, 1.54) is 0 Å². The monoisotopic (exact) mass is 326 g/mol. The van der Waals surface area contributed by atoms with Gasteiger partial charge in [0.1, 0.15) is 11.2 Å². The van der Waals surface area contributed by atoms with Crippen molar-refractivity contribution in [3.05, 3.63) is 78.0 Å². The highest BCUT2D eigenvalue weighted by Crippen LogP contribution is 2.38. The minimum Gasteiger partial charge on any atom is -0.455 e. The van der Waals surface area contributed by atoms with E-state index in [0.29, 0.717) is 16.8 Å². The number of para-hydroxylation sites is 1. The Morgan fingerprint density at radius 3 is 2.64 bits per heavy atom. The number of pyridine rings is 1. The highest BCUT2D eigenvalue weighted by atomic mass is 16.3. The Balaban J connectivity index is 1.80. The molecule has 0 aliphatic heterocycles. The average Bonchev–Trinajstić information content (AvgIpc) is 3.12. The maximum absolute atomic E-state index is 7.76. The number of nitrogens with zero attached hydrogens (tertiary/aromatic N) is 1. The summed E-state index contributed by atoms with van der Waals surface area (Å²) in [5.74, 6) is 0. The molecule has 2 aromatic heterocycles. The van der Waals surface area contributed by atoms with E-state index in [-0.39, 0.29) is 6.90 Å². The van der Waals surface area contributed by atoms with Gasteiger partial charge in [0, 0.05) is 32.0 Å². The third-order valence-corrected chi connectivity index (χ3v) is 4.69. The van der Waals surface area contributed by atoms with Gasteiger partial charge in [-0.25, -0.2) is 0 Å². The Labute approximate surface area is 149 Å². The van der Waals surface area contributed by atoms with Gasteiger partial charge < -0.3 is 4.42 Å². The summed E-state index contributed by atoms with van der Waals surface area (Å²) in [4.78, 5) is 4.48. The van der Waals surface area contributed by atoms with Crippen molar-refractivity contribution in [3.63, 3.8) is 0 Å². The van der Waals surface area contributed by atoms with E-state index in [4.69, 9.17) is 8.53 Å². The van der Waals surface area contributed by atoms with Crippen LogP contribution in [0.3, 0.4) is 0 Å². The van der Waals surface area contributed by atoms with Gasteiger partial charge in [-0.3, -0.25) is 4.98 Å². The largest absolute Gasteiger partial charge is 0.455 e. The molecular formula is C23H17NO. The average molecular weight is 326 g/mol. The number of hydrogen-bond acceptors (Lipinski definition) is 2. The van der Waals surface area contributed by atoms with Gasteiger partial charge in [0.2, 0.25) is 0 Å². The van der Waals surface area contributed by atoms with E-state index in [1.807, 2.05) is 30.3 Å². The molecule has 5 aromatic rings. The van der Waals surface area contributed by atoms with Crippen molar-refractivity contribution in [1.29, 1.82) is 0 Å². The molecule has 2 heterocycles.